The number of aliphatic hydroxyl groups is 2. The Balaban J connectivity index is -0.0000000144. The molecule has 18 heavy (non-hydrogen) atoms. The van der Waals surface area contributed by atoms with Crippen molar-refractivity contribution in [3.8, 4) is 0 Å². The molecule has 114 valence electrons. The molecule has 10 nitrogen and oxygen atoms in total. The number of aliphatic hydroxyl groups excluding tert-OH is 2. The van der Waals surface area contributed by atoms with Crippen LogP contribution in [0.4, 0.5) is 0 Å². The zero-order valence-electron chi connectivity index (χ0n) is 12.4. The van der Waals surface area contributed by atoms with Gasteiger partial charge in [-0.15, -0.1) is 0 Å². The number of rotatable bonds is 3. The van der Waals surface area contributed by atoms with Gasteiger partial charge in [0.25, 0.3) is 0 Å². The molecule has 0 unspecified atom stereocenters. The maximum Gasteiger partial charge on any atom is 2.00 e. The maximum atomic E-state index is 10.0. The fraction of sp³-hybridized carbons (Fsp3) is 0.714. The Morgan fingerprint density at radius 3 is 1.22 bits per heavy atom. The molecule has 0 aromatic heterocycles. The summed E-state index contributed by atoms with van der Waals surface area (Å²) < 4.78 is 8.54. The first-order valence-electron chi connectivity index (χ1n) is 3.53. The van der Waals surface area contributed by atoms with Gasteiger partial charge in [-0.2, -0.15) is 0 Å². The van der Waals surface area contributed by atoms with E-state index >= 15 is 0 Å². The SMILES string of the molecule is CC(=O)OCOC(C)=O.O.O.O.O.OCCO.[H-].[H-].[Mg+2]. The number of esters is 2. The minimum Gasteiger partial charge on any atom is -1.00 e. The van der Waals surface area contributed by atoms with Gasteiger partial charge in [0.05, 0.1) is 13.2 Å². The maximum absolute atomic E-state index is 10.0. The van der Waals surface area contributed by atoms with E-state index in [0.717, 1.165) is 0 Å². The average molecular weight is 293 g/mol. The predicted octanol–water partition coefficient (Wildman–Crippen LogP) is -4.41. The van der Waals surface area contributed by atoms with Gasteiger partial charge in [-0.05, 0) is 0 Å². The zero-order valence-corrected chi connectivity index (χ0v) is 11.8. The fourth-order valence-electron chi connectivity index (χ4n) is 0.195. The molecular weight excluding hydrogens is 268 g/mol. The molecule has 0 saturated carbocycles. The topological polar surface area (TPSA) is 219 Å². The molecular formula is C7H24MgO10. The standard InChI is InChI=1S/C5H8O4.C2H6O2.Mg.4H2O.2H/c1-4(6)8-3-9-5(2)7;3-1-2-4;;;;;;;/h3H2,1-2H3;3-4H,1-2H2;;4*1H2;;/q;;+2;;;;;2*-1. The number of hydrogen-bond acceptors (Lipinski definition) is 6. The van der Waals surface area contributed by atoms with E-state index in [2.05, 4.69) is 9.47 Å². The van der Waals surface area contributed by atoms with Crippen LogP contribution in [0.1, 0.15) is 16.7 Å². The van der Waals surface area contributed by atoms with E-state index in [-0.39, 0.29) is 67.8 Å². The normalized spacial score (nSPS) is 5.78. The van der Waals surface area contributed by atoms with E-state index in [1.807, 2.05) is 0 Å². The molecule has 0 aromatic rings. The van der Waals surface area contributed by atoms with Gasteiger partial charge < -0.3 is 44.4 Å². The Morgan fingerprint density at radius 2 is 1.11 bits per heavy atom. The van der Waals surface area contributed by atoms with Crippen molar-refractivity contribution in [1.82, 2.24) is 0 Å². The van der Waals surface area contributed by atoms with Crippen molar-refractivity contribution in [2.45, 2.75) is 13.8 Å². The van der Waals surface area contributed by atoms with Crippen molar-refractivity contribution >= 4 is 35.0 Å². The van der Waals surface area contributed by atoms with Crippen LogP contribution >= 0.6 is 0 Å². The summed E-state index contributed by atoms with van der Waals surface area (Å²) >= 11 is 0. The summed E-state index contributed by atoms with van der Waals surface area (Å²) in [7, 11) is 0. The summed E-state index contributed by atoms with van der Waals surface area (Å²) in [6, 6.07) is 0. The molecule has 0 aliphatic heterocycles. The van der Waals surface area contributed by atoms with Crippen molar-refractivity contribution in [2.75, 3.05) is 20.0 Å². The Kier molecular flexibility index (Phi) is 86.4. The third kappa shape index (κ3) is 77.4. The second-order valence-electron chi connectivity index (χ2n) is 1.84. The molecule has 0 aliphatic carbocycles. The molecule has 0 heterocycles. The number of carbonyl (C=O) groups excluding carboxylic acids is 2. The summed E-state index contributed by atoms with van der Waals surface area (Å²) in [6.07, 6.45) is 0. The second-order valence-corrected chi connectivity index (χ2v) is 1.84. The summed E-state index contributed by atoms with van der Waals surface area (Å²) in [5.41, 5.74) is 0. The summed E-state index contributed by atoms with van der Waals surface area (Å²) in [6.45, 7) is 1.94. The third-order valence-corrected chi connectivity index (χ3v) is 0.624. The quantitative estimate of drug-likeness (QED) is 0.296. The summed E-state index contributed by atoms with van der Waals surface area (Å²) in [4.78, 5) is 20.0. The van der Waals surface area contributed by atoms with Gasteiger partial charge in [0.15, 0.2) is 0 Å². The zero-order chi connectivity index (χ0) is 10.7. The van der Waals surface area contributed by atoms with E-state index in [1.54, 1.807) is 0 Å². The molecule has 0 atom stereocenters. The number of ether oxygens (including phenoxy) is 2. The van der Waals surface area contributed by atoms with E-state index in [9.17, 15) is 9.59 Å². The van der Waals surface area contributed by atoms with Gasteiger partial charge in [0, 0.05) is 13.8 Å². The minimum atomic E-state index is -0.462. The predicted molar refractivity (Wildman–Crippen MR) is 65.0 cm³/mol. The monoisotopic (exact) mass is 292 g/mol. The first-order valence-corrected chi connectivity index (χ1v) is 3.53. The van der Waals surface area contributed by atoms with Crippen LogP contribution in [0.25, 0.3) is 0 Å². The van der Waals surface area contributed by atoms with Crippen LogP contribution in [-0.4, -0.2) is 87.1 Å². The van der Waals surface area contributed by atoms with Gasteiger partial charge in [0.2, 0.25) is 6.79 Å². The average Bonchev–Trinajstić information content (AvgIpc) is 2.03. The molecule has 0 aliphatic rings. The Morgan fingerprint density at radius 1 is 0.889 bits per heavy atom. The summed E-state index contributed by atoms with van der Waals surface area (Å²) in [5.74, 6) is -0.924. The van der Waals surface area contributed by atoms with Gasteiger partial charge in [0.1, 0.15) is 0 Å². The molecule has 0 bridgehead atoms. The van der Waals surface area contributed by atoms with Crippen molar-refractivity contribution in [3.63, 3.8) is 0 Å². The number of carbonyl (C=O) groups is 2. The van der Waals surface area contributed by atoms with Gasteiger partial charge in [-0.1, -0.05) is 0 Å². The number of hydrogen-bond donors (Lipinski definition) is 2. The fourth-order valence-corrected chi connectivity index (χ4v) is 0.195. The van der Waals surface area contributed by atoms with Crippen LogP contribution in [0.3, 0.4) is 0 Å². The Hall–Kier alpha value is -0.534. The molecule has 11 heteroatoms. The molecule has 10 N–H and O–H groups in total. The van der Waals surface area contributed by atoms with Crippen molar-refractivity contribution < 1.29 is 54.0 Å². The molecule has 0 spiro atoms. The molecule has 0 aromatic carbocycles. The minimum absolute atomic E-state index is 0. The molecule has 0 saturated heterocycles. The third-order valence-electron chi connectivity index (χ3n) is 0.624. The van der Waals surface area contributed by atoms with E-state index < -0.39 is 11.9 Å². The van der Waals surface area contributed by atoms with Crippen LogP contribution in [0.2, 0.25) is 0 Å². The molecule has 0 radical (unpaired) electrons. The largest absolute Gasteiger partial charge is 2.00 e. The van der Waals surface area contributed by atoms with E-state index in [1.165, 1.54) is 13.8 Å². The second kappa shape index (κ2) is 36.0. The van der Waals surface area contributed by atoms with Gasteiger partial charge in [-0.3, -0.25) is 9.59 Å². The van der Waals surface area contributed by atoms with Gasteiger partial charge >= 0.3 is 35.0 Å². The smallest absolute Gasteiger partial charge is 1.00 e. The van der Waals surface area contributed by atoms with Crippen LogP contribution < -0.4 is 0 Å². The molecule has 0 fully saturated rings. The van der Waals surface area contributed by atoms with E-state index in [0.29, 0.717) is 0 Å². The van der Waals surface area contributed by atoms with Crippen LogP contribution in [-0.2, 0) is 19.1 Å². The van der Waals surface area contributed by atoms with Gasteiger partial charge in [-0.25, -0.2) is 0 Å². The van der Waals surface area contributed by atoms with Crippen molar-refractivity contribution in [2.24, 2.45) is 0 Å². The first kappa shape index (κ1) is 43.2. The Bertz CT molecular complexity index is 147. The van der Waals surface area contributed by atoms with Crippen LogP contribution in [0, 0.1) is 0 Å². The Labute approximate surface area is 123 Å². The van der Waals surface area contributed by atoms with Crippen molar-refractivity contribution in [3.05, 3.63) is 0 Å². The van der Waals surface area contributed by atoms with Crippen LogP contribution in [0.15, 0.2) is 0 Å². The molecule has 0 amide bonds. The van der Waals surface area contributed by atoms with Crippen molar-refractivity contribution in [1.29, 1.82) is 0 Å². The first-order chi connectivity index (χ1) is 6.04. The summed E-state index contributed by atoms with van der Waals surface area (Å²) in [5, 5.41) is 15.2. The molecule has 0 rings (SSSR count). The van der Waals surface area contributed by atoms with E-state index in [4.69, 9.17) is 10.2 Å². The van der Waals surface area contributed by atoms with Crippen LogP contribution in [0.5, 0.6) is 0 Å².